The Labute approximate surface area is 140 Å². The highest BCUT2D eigenvalue weighted by Gasteiger charge is 2.29. The van der Waals surface area contributed by atoms with Crippen LogP contribution in [0.25, 0.3) is 5.70 Å². The third-order valence-corrected chi connectivity index (χ3v) is 3.98. The molecule has 0 aliphatic carbocycles. The maximum Gasteiger partial charge on any atom is 0.148 e. The highest BCUT2D eigenvalue weighted by atomic mass is 35.5. The van der Waals surface area contributed by atoms with Crippen molar-refractivity contribution in [3.8, 4) is 0 Å². The molecule has 3 nitrogen and oxygen atoms in total. The lowest BCUT2D eigenvalue weighted by Gasteiger charge is -2.28. The number of rotatable bonds is 4. The van der Waals surface area contributed by atoms with Crippen LogP contribution in [0.4, 0.5) is 5.69 Å². The van der Waals surface area contributed by atoms with E-state index < -0.39 is 0 Å². The van der Waals surface area contributed by atoms with Gasteiger partial charge in [-0.15, -0.1) is 0 Å². The summed E-state index contributed by atoms with van der Waals surface area (Å²) in [5.41, 5.74) is 7.59. The number of nitrogens with zero attached hydrogens (tertiary/aromatic N) is 1. The van der Waals surface area contributed by atoms with Crippen molar-refractivity contribution in [1.82, 2.24) is 10.3 Å². The minimum Gasteiger partial charge on any atom is -0.362 e. The molecule has 1 aliphatic rings. The second-order valence-corrected chi connectivity index (χ2v) is 5.77. The normalized spacial score (nSPS) is 17.4. The van der Waals surface area contributed by atoms with Crippen molar-refractivity contribution in [2.45, 2.75) is 13.1 Å². The van der Waals surface area contributed by atoms with E-state index in [1.54, 1.807) is 5.37 Å². The predicted molar refractivity (Wildman–Crippen MR) is 96.5 cm³/mol. The van der Waals surface area contributed by atoms with Gasteiger partial charge in [-0.05, 0) is 25.1 Å². The lowest BCUT2D eigenvalue weighted by molar-refractivity contribution is 0.428. The number of anilines is 1. The SMILES string of the molecule is CC1=C(c2ccccc2)N(Nc2cccc(Cl)c2)C(C=S)N1. The molecule has 5 heteroatoms. The highest BCUT2D eigenvalue weighted by Crippen LogP contribution is 2.29. The van der Waals surface area contributed by atoms with Crippen LogP contribution >= 0.6 is 23.8 Å². The Morgan fingerprint density at radius 2 is 1.95 bits per heavy atom. The summed E-state index contributed by atoms with van der Waals surface area (Å²) in [5.74, 6) is 0. The van der Waals surface area contributed by atoms with Gasteiger partial charge in [0.2, 0.25) is 0 Å². The van der Waals surface area contributed by atoms with E-state index >= 15 is 0 Å². The van der Waals surface area contributed by atoms with Gasteiger partial charge in [0.25, 0.3) is 0 Å². The minimum absolute atomic E-state index is 0.0933. The van der Waals surface area contributed by atoms with Gasteiger partial charge in [-0.3, -0.25) is 10.4 Å². The minimum atomic E-state index is -0.0933. The molecule has 0 bridgehead atoms. The monoisotopic (exact) mass is 329 g/mol. The lowest BCUT2D eigenvalue weighted by atomic mass is 10.1. The van der Waals surface area contributed by atoms with Crippen molar-refractivity contribution in [1.29, 1.82) is 0 Å². The number of allylic oxidation sites excluding steroid dienone is 1. The third-order valence-electron chi connectivity index (χ3n) is 3.49. The van der Waals surface area contributed by atoms with Gasteiger partial charge in [0.05, 0.1) is 11.4 Å². The summed E-state index contributed by atoms with van der Waals surface area (Å²) in [6.45, 7) is 2.05. The van der Waals surface area contributed by atoms with E-state index in [4.69, 9.17) is 23.8 Å². The fourth-order valence-electron chi connectivity index (χ4n) is 2.54. The standard InChI is InChI=1S/C17H16ClN3S/c1-12-17(13-6-3-2-4-7-13)21(16(11-22)19-12)20-15-9-5-8-14(18)10-15/h2-11,16,19-20H,1H3. The Bertz CT molecular complexity index is 715. The molecule has 0 fully saturated rings. The maximum absolute atomic E-state index is 6.07. The molecule has 2 aromatic carbocycles. The first kappa shape index (κ1) is 14.9. The van der Waals surface area contributed by atoms with Crippen LogP contribution in [0, 0.1) is 0 Å². The van der Waals surface area contributed by atoms with Gasteiger partial charge in [0.1, 0.15) is 6.17 Å². The molecule has 0 amide bonds. The Kier molecular flexibility index (Phi) is 4.32. The molecule has 1 heterocycles. The molecular formula is C17H16ClN3S. The van der Waals surface area contributed by atoms with Gasteiger partial charge >= 0.3 is 0 Å². The number of thiocarbonyl (C=S) groups is 1. The average Bonchev–Trinajstić information content (AvgIpc) is 2.84. The lowest BCUT2D eigenvalue weighted by Crippen LogP contribution is -2.41. The molecule has 1 aliphatic heterocycles. The molecule has 0 aromatic heterocycles. The average molecular weight is 330 g/mol. The van der Waals surface area contributed by atoms with E-state index in [9.17, 15) is 0 Å². The summed E-state index contributed by atoms with van der Waals surface area (Å²) < 4.78 is 0. The summed E-state index contributed by atoms with van der Waals surface area (Å²) in [7, 11) is 0. The summed E-state index contributed by atoms with van der Waals surface area (Å²) in [6.07, 6.45) is -0.0933. The summed E-state index contributed by atoms with van der Waals surface area (Å²) in [6, 6.07) is 17.9. The number of hydrogen-bond donors (Lipinski definition) is 2. The first-order valence-corrected chi connectivity index (χ1v) is 7.83. The molecule has 1 unspecified atom stereocenters. The van der Waals surface area contributed by atoms with Crippen LogP contribution in [0.1, 0.15) is 12.5 Å². The second-order valence-electron chi connectivity index (χ2n) is 5.06. The fraction of sp³-hybridized carbons (Fsp3) is 0.118. The molecule has 0 saturated carbocycles. The highest BCUT2D eigenvalue weighted by molar-refractivity contribution is 7.79. The first-order chi connectivity index (χ1) is 10.7. The second kappa shape index (κ2) is 6.38. The molecule has 3 rings (SSSR count). The molecule has 0 spiro atoms. The number of benzene rings is 2. The smallest absolute Gasteiger partial charge is 0.148 e. The number of nitrogens with one attached hydrogen (secondary N) is 2. The molecule has 112 valence electrons. The molecule has 2 aromatic rings. The van der Waals surface area contributed by atoms with Crippen molar-refractivity contribution in [3.63, 3.8) is 0 Å². The van der Waals surface area contributed by atoms with Gasteiger partial charge in [0.15, 0.2) is 0 Å². The Balaban J connectivity index is 1.96. The predicted octanol–water partition coefficient (Wildman–Crippen LogP) is 4.29. The van der Waals surface area contributed by atoms with Crippen molar-refractivity contribution >= 4 is 40.6 Å². The van der Waals surface area contributed by atoms with Crippen LogP contribution in [0.3, 0.4) is 0 Å². The number of hydrogen-bond acceptors (Lipinski definition) is 4. The maximum atomic E-state index is 6.07. The van der Waals surface area contributed by atoms with Gasteiger partial charge in [-0.1, -0.05) is 60.2 Å². The van der Waals surface area contributed by atoms with Crippen LogP contribution in [0.15, 0.2) is 60.3 Å². The van der Waals surface area contributed by atoms with Crippen LogP contribution in [-0.2, 0) is 0 Å². The molecule has 1 atom stereocenters. The quantitative estimate of drug-likeness (QED) is 0.818. The molecule has 0 radical (unpaired) electrons. The third kappa shape index (κ3) is 2.93. The summed E-state index contributed by atoms with van der Waals surface area (Å²) >= 11 is 11.2. The summed E-state index contributed by atoms with van der Waals surface area (Å²) in [5, 5.41) is 7.82. The summed E-state index contributed by atoms with van der Waals surface area (Å²) in [4.78, 5) is 0. The van der Waals surface area contributed by atoms with Crippen LogP contribution in [0.2, 0.25) is 5.02 Å². The van der Waals surface area contributed by atoms with E-state index in [0.717, 1.165) is 22.6 Å². The van der Waals surface area contributed by atoms with Crippen molar-refractivity contribution in [2.75, 3.05) is 5.43 Å². The Morgan fingerprint density at radius 3 is 2.64 bits per heavy atom. The zero-order chi connectivity index (χ0) is 15.5. The van der Waals surface area contributed by atoms with E-state index in [1.165, 1.54) is 0 Å². The van der Waals surface area contributed by atoms with Crippen molar-refractivity contribution in [3.05, 3.63) is 70.9 Å². The largest absolute Gasteiger partial charge is 0.362 e. The van der Waals surface area contributed by atoms with E-state index in [1.807, 2.05) is 54.4 Å². The topological polar surface area (TPSA) is 27.3 Å². The van der Waals surface area contributed by atoms with Gasteiger partial charge in [-0.2, -0.15) is 0 Å². The van der Waals surface area contributed by atoms with Crippen molar-refractivity contribution in [2.24, 2.45) is 0 Å². The Morgan fingerprint density at radius 1 is 1.18 bits per heavy atom. The van der Waals surface area contributed by atoms with Gasteiger partial charge in [0, 0.05) is 21.7 Å². The molecule has 22 heavy (non-hydrogen) atoms. The number of hydrazine groups is 1. The van der Waals surface area contributed by atoms with Crippen LogP contribution in [-0.4, -0.2) is 16.5 Å². The van der Waals surface area contributed by atoms with Crippen LogP contribution < -0.4 is 10.7 Å². The zero-order valence-electron chi connectivity index (χ0n) is 12.1. The van der Waals surface area contributed by atoms with E-state index in [0.29, 0.717) is 5.02 Å². The number of halogens is 1. The zero-order valence-corrected chi connectivity index (χ0v) is 13.7. The van der Waals surface area contributed by atoms with Crippen molar-refractivity contribution < 1.29 is 0 Å². The van der Waals surface area contributed by atoms with E-state index in [2.05, 4.69) is 22.9 Å². The van der Waals surface area contributed by atoms with Crippen LogP contribution in [0.5, 0.6) is 0 Å². The first-order valence-electron chi connectivity index (χ1n) is 6.98. The fourth-order valence-corrected chi connectivity index (χ4v) is 2.92. The Hall–Kier alpha value is -2.04. The van der Waals surface area contributed by atoms with E-state index in [-0.39, 0.29) is 6.17 Å². The molecular weight excluding hydrogens is 314 g/mol. The van der Waals surface area contributed by atoms with Gasteiger partial charge in [-0.25, -0.2) is 0 Å². The molecule has 0 saturated heterocycles. The molecule has 2 N–H and O–H groups in total. The van der Waals surface area contributed by atoms with Gasteiger partial charge < -0.3 is 5.32 Å².